The second kappa shape index (κ2) is 16.1. The third kappa shape index (κ3) is 13.0. The summed E-state index contributed by atoms with van der Waals surface area (Å²) in [5.74, 6) is -0.0177. The van der Waals surface area contributed by atoms with Crippen LogP contribution in [0.1, 0.15) is 51.3 Å². The maximum Gasteiger partial charge on any atom is 0.221 e. The molecule has 0 aliphatic rings. The molecule has 156 valence electrons. The van der Waals surface area contributed by atoms with Crippen molar-refractivity contribution >= 4 is 11.6 Å². The van der Waals surface area contributed by atoms with Crippen molar-refractivity contribution in [2.24, 2.45) is 0 Å². The number of hydrogen-bond donors (Lipinski definition) is 1. The molecule has 2 aromatic rings. The summed E-state index contributed by atoms with van der Waals surface area (Å²) in [5, 5.41) is 2.79. The minimum absolute atomic E-state index is 0.0177. The predicted octanol–water partition coefficient (Wildman–Crippen LogP) is 7.46. The Morgan fingerprint density at radius 1 is 1.00 bits per heavy atom. The Labute approximate surface area is 178 Å². The Kier molecular flexibility index (Phi) is 14.5. The maximum atomic E-state index is 10.8. The van der Waals surface area contributed by atoms with Crippen molar-refractivity contribution in [1.82, 2.24) is 0 Å². The van der Waals surface area contributed by atoms with Crippen LogP contribution in [0.5, 0.6) is 0 Å². The summed E-state index contributed by atoms with van der Waals surface area (Å²) in [5.41, 5.74) is 6.09. The fourth-order valence-electron chi connectivity index (χ4n) is 2.47. The molecule has 0 unspecified atom stereocenters. The number of carbonyl (C=O) groups is 1. The van der Waals surface area contributed by atoms with Crippen LogP contribution in [0.2, 0.25) is 0 Å². The second-order valence-electron chi connectivity index (χ2n) is 6.68. The number of para-hydroxylation sites is 1. The summed E-state index contributed by atoms with van der Waals surface area (Å²) >= 11 is 0. The molecule has 0 saturated carbocycles. The number of allylic oxidation sites excluding steroid dienone is 5. The number of benzene rings is 2. The number of amides is 1. The van der Waals surface area contributed by atoms with E-state index in [0.29, 0.717) is 0 Å². The van der Waals surface area contributed by atoms with E-state index in [2.05, 4.69) is 56.9 Å². The van der Waals surface area contributed by atoms with Crippen molar-refractivity contribution in [3.8, 4) is 0 Å². The van der Waals surface area contributed by atoms with E-state index >= 15 is 0 Å². The third-order valence-electron chi connectivity index (χ3n) is 4.05. The van der Waals surface area contributed by atoms with Crippen LogP contribution >= 0.6 is 0 Å². The molecule has 0 bridgehead atoms. The van der Waals surface area contributed by atoms with E-state index in [1.54, 1.807) is 6.08 Å². The largest absolute Gasteiger partial charge is 0.326 e. The number of hydrogen-bond acceptors (Lipinski definition) is 1. The van der Waals surface area contributed by atoms with E-state index in [-0.39, 0.29) is 5.91 Å². The molecule has 2 aromatic carbocycles. The van der Waals surface area contributed by atoms with Crippen molar-refractivity contribution in [3.05, 3.63) is 102 Å². The molecule has 0 spiro atoms. The van der Waals surface area contributed by atoms with Gasteiger partial charge < -0.3 is 5.32 Å². The molecule has 0 atom stereocenters. The predicted molar refractivity (Wildman–Crippen MR) is 129 cm³/mol. The Balaban J connectivity index is 0.000000417. The van der Waals surface area contributed by atoms with Gasteiger partial charge in [0.05, 0.1) is 0 Å². The summed E-state index contributed by atoms with van der Waals surface area (Å²) in [4.78, 5) is 10.8. The molecule has 0 aromatic heterocycles. The van der Waals surface area contributed by atoms with Crippen LogP contribution in [-0.4, -0.2) is 5.91 Å². The first-order chi connectivity index (χ1) is 13.9. The first-order valence-corrected chi connectivity index (χ1v) is 10.2. The minimum Gasteiger partial charge on any atom is -0.326 e. The topological polar surface area (TPSA) is 29.1 Å². The van der Waals surface area contributed by atoms with Gasteiger partial charge in [0.2, 0.25) is 5.91 Å². The van der Waals surface area contributed by atoms with Crippen molar-refractivity contribution in [2.45, 2.75) is 54.4 Å². The van der Waals surface area contributed by atoms with Gasteiger partial charge >= 0.3 is 0 Å². The SMILES string of the molecule is C=C/C=C(C)\C=C/C.CCc1ccc(C)cc1.CCc1ccccc1NC(C)=O. The van der Waals surface area contributed by atoms with Gasteiger partial charge in [-0.2, -0.15) is 0 Å². The lowest BCUT2D eigenvalue weighted by atomic mass is 10.1. The van der Waals surface area contributed by atoms with Gasteiger partial charge in [-0.3, -0.25) is 4.79 Å². The summed E-state index contributed by atoms with van der Waals surface area (Å²) in [7, 11) is 0. The standard InChI is InChI=1S/C10H13NO.C9H12.C8H12/c1-3-9-6-4-5-7-10(9)11-8(2)12;1-3-9-6-4-8(2)5-7-9;1-4-6-8(3)7-5-2/h4-7H,3H2,1-2H3,(H,11,12);4-7H,3H2,1-2H3;4-7H,1H2,2-3H3/b;;7-5-,8-6-. The van der Waals surface area contributed by atoms with Gasteiger partial charge in [0.1, 0.15) is 0 Å². The third-order valence-corrected chi connectivity index (χ3v) is 4.05. The van der Waals surface area contributed by atoms with Gasteiger partial charge in [-0.25, -0.2) is 0 Å². The van der Waals surface area contributed by atoms with Gasteiger partial charge in [-0.15, -0.1) is 0 Å². The number of aryl methyl sites for hydroxylation is 3. The molecule has 0 fully saturated rings. The van der Waals surface area contributed by atoms with Crippen molar-refractivity contribution < 1.29 is 4.79 Å². The molecule has 2 rings (SSSR count). The van der Waals surface area contributed by atoms with Crippen LogP contribution in [0.3, 0.4) is 0 Å². The average Bonchev–Trinajstić information content (AvgIpc) is 2.70. The monoisotopic (exact) mass is 391 g/mol. The quantitative estimate of drug-likeness (QED) is 0.527. The van der Waals surface area contributed by atoms with Gasteiger partial charge in [0, 0.05) is 12.6 Å². The van der Waals surface area contributed by atoms with Crippen molar-refractivity contribution in [1.29, 1.82) is 0 Å². The number of carbonyl (C=O) groups excluding carboxylic acids is 1. The Morgan fingerprint density at radius 2 is 1.62 bits per heavy atom. The van der Waals surface area contributed by atoms with Gasteiger partial charge in [0.15, 0.2) is 0 Å². The molecular formula is C27H37NO. The molecule has 0 radical (unpaired) electrons. The Morgan fingerprint density at radius 3 is 2.10 bits per heavy atom. The van der Waals surface area contributed by atoms with E-state index in [1.807, 2.05) is 56.3 Å². The van der Waals surface area contributed by atoms with Crippen molar-refractivity contribution in [2.75, 3.05) is 5.32 Å². The smallest absolute Gasteiger partial charge is 0.221 e. The normalized spacial score (nSPS) is 10.3. The molecule has 29 heavy (non-hydrogen) atoms. The first kappa shape index (κ1) is 26.1. The molecule has 1 N–H and O–H groups in total. The lowest BCUT2D eigenvalue weighted by Crippen LogP contribution is -2.07. The van der Waals surface area contributed by atoms with Gasteiger partial charge in [0.25, 0.3) is 0 Å². The molecule has 0 heterocycles. The zero-order valence-electron chi connectivity index (χ0n) is 19.0. The van der Waals surface area contributed by atoms with E-state index < -0.39 is 0 Å². The summed E-state index contributed by atoms with van der Waals surface area (Å²) in [6.45, 7) is 15.5. The highest BCUT2D eigenvalue weighted by Gasteiger charge is 1.99. The van der Waals surface area contributed by atoms with E-state index in [0.717, 1.165) is 18.5 Å². The Hall–Kier alpha value is -2.87. The average molecular weight is 392 g/mol. The zero-order valence-corrected chi connectivity index (χ0v) is 19.0. The second-order valence-corrected chi connectivity index (χ2v) is 6.68. The van der Waals surface area contributed by atoms with E-state index in [4.69, 9.17) is 0 Å². The lowest BCUT2D eigenvalue weighted by Gasteiger charge is -2.06. The molecule has 0 saturated heterocycles. The lowest BCUT2D eigenvalue weighted by molar-refractivity contribution is -0.114. The van der Waals surface area contributed by atoms with Crippen LogP contribution in [0, 0.1) is 6.92 Å². The molecule has 2 nitrogen and oxygen atoms in total. The molecule has 0 aliphatic carbocycles. The minimum atomic E-state index is -0.0177. The van der Waals surface area contributed by atoms with Crippen LogP contribution in [0.15, 0.2) is 85.0 Å². The van der Waals surface area contributed by atoms with Gasteiger partial charge in [-0.1, -0.05) is 98.3 Å². The highest BCUT2D eigenvalue weighted by atomic mass is 16.1. The van der Waals surface area contributed by atoms with Crippen LogP contribution in [0.25, 0.3) is 0 Å². The summed E-state index contributed by atoms with van der Waals surface area (Å²) in [6.07, 6.45) is 9.89. The van der Waals surface area contributed by atoms with Crippen molar-refractivity contribution in [3.63, 3.8) is 0 Å². The highest BCUT2D eigenvalue weighted by Crippen LogP contribution is 2.14. The molecule has 1 amide bonds. The van der Waals surface area contributed by atoms with Crippen LogP contribution in [-0.2, 0) is 17.6 Å². The molecule has 0 aliphatic heterocycles. The summed E-state index contributed by atoms with van der Waals surface area (Å²) in [6, 6.07) is 16.5. The Bertz CT molecular complexity index is 782. The van der Waals surface area contributed by atoms with E-state index in [9.17, 15) is 4.79 Å². The maximum absolute atomic E-state index is 10.8. The highest BCUT2D eigenvalue weighted by molar-refractivity contribution is 5.89. The number of rotatable bonds is 5. The number of anilines is 1. The zero-order chi connectivity index (χ0) is 22.1. The summed E-state index contributed by atoms with van der Waals surface area (Å²) < 4.78 is 0. The molecule has 2 heteroatoms. The fraction of sp³-hybridized carbons (Fsp3) is 0.296. The fourth-order valence-corrected chi connectivity index (χ4v) is 2.47. The van der Waals surface area contributed by atoms with Gasteiger partial charge in [-0.05, 0) is 50.8 Å². The van der Waals surface area contributed by atoms with Crippen LogP contribution in [0.4, 0.5) is 5.69 Å². The number of nitrogens with one attached hydrogen (secondary N) is 1. The molecular weight excluding hydrogens is 354 g/mol. The van der Waals surface area contributed by atoms with Crippen LogP contribution < -0.4 is 5.32 Å². The first-order valence-electron chi connectivity index (χ1n) is 10.2. The van der Waals surface area contributed by atoms with E-state index in [1.165, 1.54) is 29.2 Å².